The van der Waals surface area contributed by atoms with Crippen LogP contribution in [0, 0.1) is 13.8 Å². The minimum Gasteiger partial charge on any atom is -0.435 e. The maximum atomic E-state index is 12.5. The van der Waals surface area contributed by atoms with Gasteiger partial charge in [-0.1, -0.05) is 12.1 Å². The molecule has 31 heavy (non-hydrogen) atoms. The van der Waals surface area contributed by atoms with Gasteiger partial charge in [-0.05, 0) is 50.5 Å². The molecule has 1 unspecified atom stereocenters. The quantitative estimate of drug-likeness (QED) is 0.570. The van der Waals surface area contributed by atoms with Crippen molar-refractivity contribution in [2.24, 2.45) is 5.73 Å². The molecule has 2 aromatic heterocycles. The summed E-state index contributed by atoms with van der Waals surface area (Å²) in [5.74, 6) is -0.710. The third-order valence-electron chi connectivity index (χ3n) is 5.06. The molecule has 3 N–H and O–H groups in total. The summed E-state index contributed by atoms with van der Waals surface area (Å²) >= 11 is 0. The van der Waals surface area contributed by atoms with Gasteiger partial charge in [0.1, 0.15) is 11.3 Å². The maximum Gasteiger partial charge on any atom is 0.387 e. The number of carbonyl (C=O) groups excluding carboxylic acids is 2. The Morgan fingerprint density at radius 2 is 1.90 bits per heavy atom. The number of carbonyl (C=O) groups is 2. The number of halogens is 2. The molecule has 3 aromatic rings. The lowest BCUT2D eigenvalue weighted by Gasteiger charge is -2.16. The maximum absolute atomic E-state index is 12.5. The molecule has 3 rings (SSSR count). The lowest BCUT2D eigenvalue weighted by Crippen LogP contribution is -2.27. The predicted octanol–water partition coefficient (Wildman–Crippen LogP) is 2.86. The molecule has 0 aliphatic rings. The van der Waals surface area contributed by atoms with Crippen molar-refractivity contribution in [3.05, 3.63) is 58.5 Å². The Kier molecular flexibility index (Phi) is 6.47. The number of primary amides is 1. The van der Waals surface area contributed by atoms with E-state index in [2.05, 4.69) is 20.1 Å². The summed E-state index contributed by atoms with van der Waals surface area (Å²) in [4.78, 5) is 28.4. The smallest absolute Gasteiger partial charge is 0.387 e. The number of rotatable bonds is 8. The van der Waals surface area contributed by atoms with Crippen LogP contribution in [0.25, 0.3) is 5.65 Å². The van der Waals surface area contributed by atoms with E-state index in [4.69, 9.17) is 5.73 Å². The van der Waals surface area contributed by atoms with Crippen LogP contribution in [0.15, 0.2) is 30.5 Å². The molecule has 8 nitrogen and oxygen atoms in total. The third kappa shape index (κ3) is 4.96. The van der Waals surface area contributed by atoms with Gasteiger partial charge in [0.2, 0.25) is 5.91 Å². The second-order valence-corrected chi connectivity index (χ2v) is 7.16. The summed E-state index contributed by atoms with van der Waals surface area (Å²) in [6, 6.07) is 5.82. The van der Waals surface area contributed by atoms with Crippen LogP contribution >= 0.6 is 0 Å². The van der Waals surface area contributed by atoms with Crippen molar-refractivity contribution in [2.75, 3.05) is 0 Å². The second kappa shape index (κ2) is 9.07. The monoisotopic (exact) mass is 431 g/mol. The van der Waals surface area contributed by atoms with Crippen LogP contribution in [0.5, 0.6) is 5.75 Å². The molecule has 0 spiro atoms. The highest BCUT2D eigenvalue weighted by Gasteiger charge is 2.18. The minimum absolute atomic E-state index is 0.0595. The van der Waals surface area contributed by atoms with Crippen molar-refractivity contribution in [1.82, 2.24) is 19.9 Å². The van der Waals surface area contributed by atoms with E-state index in [1.807, 2.05) is 13.8 Å². The zero-order chi connectivity index (χ0) is 22.7. The number of nitrogens with two attached hydrogens (primary N) is 1. The average Bonchev–Trinajstić information content (AvgIpc) is 3.12. The van der Waals surface area contributed by atoms with Gasteiger partial charge >= 0.3 is 6.61 Å². The molecule has 0 saturated heterocycles. The number of nitrogens with zero attached hydrogens (tertiary/aromatic N) is 3. The highest BCUT2D eigenvalue weighted by Crippen LogP contribution is 2.21. The number of nitrogens with one attached hydrogen (secondary N) is 1. The highest BCUT2D eigenvalue weighted by molar-refractivity contribution is 5.98. The number of alkyl halides is 2. The second-order valence-electron chi connectivity index (χ2n) is 7.16. The molecule has 2 heterocycles. The number of fused-ring (bicyclic) bond motifs is 1. The van der Waals surface area contributed by atoms with E-state index in [1.54, 1.807) is 23.6 Å². The largest absolute Gasteiger partial charge is 0.435 e. The van der Waals surface area contributed by atoms with Gasteiger partial charge in [0.05, 0.1) is 12.2 Å². The van der Waals surface area contributed by atoms with Crippen LogP contribution in [0.1, 0.15) is 52.3 Å². The summed E-state index contributed by atoms with van der Waals surface area (Å²) in [6.45, 7) is 2.58. The van der Waals surface area contributed by atoms with Crippen LogP contribution in [0.3, 0.4) is 0 Å². The molecule has 164 valence electrons. The highest BCUT2D eigenvalue weighted by atomic mass is 19.3. The zero-order valence-corrected chi connectivity index (χ0v) is 17.4. The fourth-order valence-electron chi connectivity index (χ4n) is 3.42. The standard InChI is InChI=1S/C21H23F2N5O3/c1-11(14-4-6-15(7-5-14)31-21(22)23)26-18(29)9-8-16-12(2)27-20-17(19(24)30)10-25-28(20)13(16)3/h4-7,10-11,21H,8-9H2,1-3H3,(H2,24,30)(H,26,29). The fraction of sp³-hybridized carbons (Fsp3) is 0.333. The van der Waals surface area contributed by atoms with Gasteiger partial charge in [0, 0.05) is 17.8 Å². The summed E-state index contributed by atoms with van der Waals surface area (Å²) < 4.78 is 30.4. The van der Waals surface area contributed by atoms with E-state index < -0.39 is 12.5 Å². The SMILES string of the molecule is Cc1nc2c(C(N)=O)cnn2c(C)c1CCC(=O)NC(C)c1ccc(OC(F)F)cc1. The van der Waals surface area contributed by atoms with Crippen molar-refractivity contribution in [1.29, 1.82) is 0 Å². The van der Waals surface area contributed by atoms with E-state index in [1.165, 1.54) is 18.3 Å². The molecular weight excluding hydrogens is 408 g/mol. The van der Waals surface area contributed by atoms with E-state index in [0.29, 0.717) is 17.8 Å². The Balaban J connectivity index is 1.65. The first kappa shape index (κ1) is 22.1. The molecule has 0 radical (unpaired) electrons. The van der Waals surface area contributed by atoms with Crippen molar-refractivity contribution in [2.45, 2.75) is 46.3 Å². The first-order chi connectivity index (χ1) is 14.7. The molecule has 0 saturated carbocycles. The number of aryl methyl sites for hydroxylation is 2. The van der Waals surface area contributed by atoms with Gasteiger partial charge < -0.3 is 15.8 Å². The number of hydrogen-bond donors (Lipinski definition) is 2. The van der Waals surface area contributed by atoms with E-state index in [9.17, 15) is 18.4 Å². The van der Waals surface area contributed by atoms with Crippen LogP contribution in [-0.2, 0) is 11.2 Å². The van der Waals surface area contributed by atoms with Gasteiger partial charge in [-0.25, -0.2) is 9.50 Å². The predicted molar refractivity (Wildman–Crippen MR) is 109 cm³/mol. The van der Waals surface area contributed by atoms with Crippen LogP contribution in [-0.4, -0.2) is 33.0 Å². The summed E-state index contributed by atoms with van der Waals surface area (Å²) in [5.41, 5.74) is 9.11. The first-order valence-corrected chi connectivity index (χ1v) is 9.65. The van der Waals surface area contributed by atoms with Crippen molar-refractivity contribution in [3.8, 4) is 5.75 Å². The normalized spacial score (nSPS) is 12.2. The van der Waals surface area contributed by atoms with E-state index in [0.717, 1.165) is 16.8 Å². The van der Waals surface area contributed by atoms with Crippen LogP contribution < -0.4 is 15.8 Å². The third-order valence-corrected chi connectivity index (χ3v) is 5.06. The molecule has 1 aromatic carbocycles. The van der Waals surface area contributed by atoms with Crippen molar-refractivity contribution >= 4 is 17.5 Å². The molecule has 1 atom stereocenters. The Morgan fingerprint density at radius 1 is 1.23 bits per heavy atom. The minimum atomic E-state index is -2.88. The van der Waals surface area contributed by atoms with E-state index >= 15 is 0 Å². The Labute approximate surface area is 177 Å². The molecule has 2 amide bonds. The molecule has 0 aliphatic heterocycles. The Morgan fingerprint density at radius 3 is 2.52 bits per heavy atom. The molecule has 0 fully saturated rings. The summed E-state index contributed by atoms with van der Waals surface area (Å²) in [6.07, 6.45) is 2.04. The number of amides is 2. The molecule has 0 aliphatic carbocycles. The van der Waals surface area contributed by atoms with Gasteiger partial charge in [0.25, 0.3) is 5.91 Å². The fourth-order valence-corrected chi connectivity index (χ4v) is 3.42. The molecule has 10 heteroatoms. The van der Waals surface area contributed by atoms with Gasteiger partial charge in [-0.2, -0.15) is 13.9 Å². The Bertz CT molecular complexity index is 1110. The molecular formula is C21H23F2N5O3. The topological polar surface area (TPSA) is 112 Å². The number of ether oxygens (including phenoxy) is 1. The summed E-state index contributed by atoms with van der Waals surface area (Å²) in [7, 11) is 0. The van der Waals surface area contributed by atoms with Crippen LogP contribution in [0.2, 0.25) is 0 Å². The van der Waals surface area contributed by atoms with Gasteiger partial charge in [0.15, 0.2) is 5.65 Å². The van der Waals surface area contributed by atoms with Gasteiger partial charge in [-0.15, -0.1) is 0 Å². The zero-order valence-electron chi connectivity index (χ0n) is 17.4. The van der Waals surface area contributed by atoms with Crippen molar-refractivity contribution < 1.29 is 23.1 Å². The number of benzene rings is 1. The molecule has 0 bridgehead atoms. The number of aromatic nitrogens is 3. The first-order valence-electron chi connectivity index (χ1n) is 9.65. The van der Waals surface area contributed by atoms with Crippen molar-refractivity contribution in [3.63, 3.8) is 0 Å². The average molecular weight is 431 g/mol. The number of hydrogen-bond acceptors (Lipinski definition) is 5. The van der Waals surface area contributed by atoms with Crippen LogP contribution in [0.4, 0.5) is 8.78 Å². The lowest BCUT2D eigenvalue weighted by molar-refractivity contribution is -0.121. The summed E-state index contributed by atoms with van der Waals surface area (Å²) in [5, 5.41) is 7.07. The Hall–Kier alpha value is -3.56. The van der Waals surface area contributed by atoms with Gasteiger partial charge in [-0.3, -0.25) is 9.59 Å². The van der Waals surface area contributed by atoms with E-state index in [-0.39, 0.29) is 29.7 Å². The lowest BCUT2D eigenvalue weighted by atomic mass is 10.0.